The van der Waals surface area contributed by atoms with Gasteiger partial charge in [-0.2, -0.15) is 11.3 Å². The Bertz CT molecular complexity index is 393. The largest absolute Gasteiger partial charge is 0.376 e. The zero-order valence-corrected chi connectivity index (χ0v) is 8.95. The Morgan fingerprint density at radius 3 is 3.00 bits per heavy atom. The Labute approximate surface area is 86.6 Å². The van der Waals surface area contributed by atoms with Crippen LogP contribution in [0, 0.1) is 0 Å². The van der Waals surface area contributed by atoms with Crippen molar-refractivity contribution in [3.05, 3.63) is 28.7 Å². The molecule has 0 amide bonds. The fourth-order valence-corrected chi connectivity index (χ4v) is 1.83. The fourth-order valence-electron chi connectivity index (χ4n) is 1.23. The first-order chi connectivity index (χ1) is 6.75. The first kappa shape index (κ1) is 9.21. The van der Waals surface area contributed by atoms with Gasteiger partial charge < -0.3 is 5.32 Å². The van der Waals surface area contributed by atoms with Crippen LogP contribution in [0.2, 0.25) is 0 Å². The van der Waals surface area contributed by atoms with E-state index in [9.17, 15) is 0 Å². The highest BCUT2D eigenvalue weighted by atomic mass is 32.1. The average Bonchev–Trinajstić information content (AvgIpc) is 2.75. The van der Waals surface area contributed by atoms with Gasteiger partial charge in [-0.3, -0.25) is 4.68 Å². The normalized spacial score (nSPS) is 12.7. The minimum atomic E-state index is 0.193. The van der Waals surface area contributed by atoms with Gasteiger partial charge in [0, 0.05) is 18.1 Å². The van der Waals surface area contributed by atoms with Crippen molar-refractivity contribution in [2.75, 3.05) is 5.32 Å². The first-order valence-electron chi connectivity index (χ1n) is 4.40. The molecule has 0 saturated carbocycles. The van der Waals surface area contributed by atoms with E-state index in [4.69, 9.17) is 0 Å². The van der Waals surface area contributed by atoms with Crippen LogP contribution in [-0.4, -0.2) is 15.0 Å². The third-order valence-corrected chi connectivity index (χ3v) is 2.65. The maximum atomic E-state index is 4.05. The van der Waals surface area contributed by atoms with Gasteiger partial charge in [-0.25, -0.2) is 0 Å². The molecule has 0 aliphatic rings. The van der Waals surface area contributed by atoms with Gasteiger partial charge in [-0.1, -0.05) is 5.21 Å². The second kappa shape index (κ2) is 3.79. The van der Waals surface area contributed by atoms with Crippen molar-refractivity contribution in [3.63, 3.8) is 0 Å². The van der Waals surface area contributed by atoms with Crippen LogP contribution in [-0.2, 0) is 7.05 Å². The smallest absolute Gasteiger partial charge is 0.105 e. The minimum absolute atomic E-state index is 0.193. The van der Waals surface area contributed by atoms with Crippen molar-refractivity contribution in [1.82, 2.24) is 15.0 Å². The van der Waals surface area contributed by atoms with Gasteiger partial charge in [0.15, 0.2) is 0 Å². The Morgan fingerprint density at radius 2 is 2.43 bits per heavy atom. The summed E-state index contributed by atoms with van der Waals surface area (Å²) in [5.41, 5.74) is 2.09. The van der Waals surface area contributed by atoms with Gasteiger partial charge >= 0.3 is 0 Å². The molecule has 2 rings (SSSR count). The number of rotatable bonds is 3. The number of hydrogen-bond acceptors (Lipinski definition) is 4. The molecular formula is C9H12N4S. The van der Waals surface area contributed by atoms with Crippen LogP contribution in [0.5, 0.6) is 0 Å². The highest BCUT2D eigenvalue weighted by Gasteiger charge is 2.08. The zero-order valence-electron chi connectivity index (χ0n) is 8.14. The maximum Gasteiger partial charge on any atom is 0.105 e. The van der Waals surface area contributed by atoms with Gasteiger partial charge in [0.25, 0.3) is 0 Å². The molecule has 2 aromatic rings. The van der Waals surface area contributed by atoms with E-state index in [1.165, 1.54) is 0 Å². The van der Waals surface area contributed by atoms with E-state index >= 15 is 0 Å². The van der Waals surface area contributed by atoms with Crippen LogP contribution in [0.3, 0.4) is 0 Å². The van der Waals surface area contributed by atoms with Gasteiger partial charge in [0.1, 0.15) is 5.69 Å². The minimum Gasteiger partial charge on any atom is -0.376 e. The topological polar surface area (TPSA) is 42.7 Å². The van der Waals surface area contributed by atoms with Gasteiger partial charge in [0.05, 0.1) is 12.2 Å². The molecule has 4 nitrogen and oxygen atoms in total. The number of hydrogen-bond donors (Lipinski definition) is 1. The lowest BCUT2D eigenvalue weighted by Gasteiger charge is -2.09. The molecule has 1 N–H and O–H groups in total. The Kier molecular flexibility index (Phi) is 2.49. The summed E-state index contributed by atoms with van der Waals surface area (Å²) in [6.07, 6.45) is 1.92. The molecule has 0 aliphatic carbocycles. The molecule has 14 heavy (non-hydrogen) atoms. The van der Waals surface area contributed by atoms with Crippen molar-refractivity contribution >= 4 is 17.0 Å². The standard InChI is InChI=1S/C9H12N4S/c1-7(9-5-13(2)12-11-9)10-8-3-4-14-6-8/h3-7,10H,1-2H3. The Balaban J connectivity index is 2.06. The monoisotopic (exact) mass is 208 g/mol. The van der Waals surface area contributed by atoms with E-state index < -0.39 is 0 Å². The molecule has 5 heteroatoms. The summed E-state index contributed by atoms with van der Waals surface area (Å²) < 4.78 is 1.71. The molecular weight excluding hydrogens is 196 g/mol. The average molecular weight is 208 g/mol. The summed E-state index contributed by atoms with van der Waals surface area (Å²) in [6, 6.07) is 2.25. The molecule has 0 saturated heterocycles. The van der Waals surface area contributed by atoms with E-state index in [0.717, 1.165) is 11.4 Å². The predicted octanol–water partition coefficient (Wildman–Crippen LogP) is 2.05. The number of nitrogens with one attached hydrogen (secondary N) is 1. The summed E-state index contributed by atoms with van der Waals surface area (Å²) in [4.78, 5) is 0. The molecule has 0 aliphatic heterocycles. The molecule has 0 radical (unpaired) electrons. The number of thiophene rings is 1. The molecule has 1 unspecified atom stereocenters. The SMILES string of the molecule is CC(Nc1ccsc1)c1cn(C)nn1. The van der Waals surface area contributed by atoms with Crippen molar-refractivity contribution in [1.29, 1.82) is 0 Å². The number of nitrogens with zero attached hydrogens (tertiary/aromatic N) is 3. The number of anilines is 1. The fraction of sp³-hybridized carbons (Fsp3) is 0.333. The quantitative estimate of drug-likeness (QED) is 0.839. The molecule has 1 atom stereocenters. The van der Waals surface area contributed by atoms with Gasteiger partial charge in [0.2, 0.25) is 0 Å². The molecule has 2 heterocycles. The summed E-state index contributed by atoms with van der Waals surface area (Å²) in [7, 11) is 1.87. The number of aromatic nitrogens is 3. The molecule has 0 bridgehead atoms. The zero-order chi connectivity index (χ0) is 9.97. The van der Waals surface area contributed by atoms with E-state index in [1.807, 2.05) is 18.6 Å². The molecule has 0 spiro atoms. The van der Waals surface area contributed by atoms with E-state index in [0.29, 0.717) is 0 Å². The maximum absolute atomic E-state index is 4.05. The van der Waals surface area contributed by atoms with Crippen LogP contribution in [0.25, 0.3) is 0 Å². The summed E-state index contributed by atoms with van der Waals surface area (Å²) in [6.45, 7) is 2.07. The lowest BCUT2D eigenvalue weighted by Crippen LogP contribution is -2.06. The lowest BCUT2D eigenvalue weighted by molar-refractivity contribution is 0.711. The molecule has 2 aromatic heterocycles. The van der Waals surface area contributed by atoms with Crippen molar-refractivity contribution in [3.8, 4) is 0 Å². The lowest BCUT2D eigenvalue weighted by atomic mass is 10.2. The molecule has 0 aromatic carbocycles. The van der Waals surface area contributed by atoms with Crippen molar-refractivity contribution < 1.29 is 0 Å². The van der Waals surface area contributed by atoms with Gasteiger partial charge in [-0.05, 0) is 18.4 Å². The second-order valence-corrected chi connectivity index (χ2v) is 3.98. The van der Waals surface area contributed by atoms with E-state index in [2.05, 4.69) is 34.0 Å². The van der Waals surface area contributed by atoms with E-state index in [1.54, 1.807) is 16.0 Å². The Hall–Kier alpha value is -1.36. The predicted molar refractivity (Wildman–Crippen MR) is 57.4 cm³/mol. The van der Waals surface area contributed by atoms with Crippen LogP contribution in [0.4, 0.5) is 5.69 Å². The summed E-state index contributed by atoms with van der Waals surface area (Å²) in [5.74, 6) is 0. The van der Waals surface area contributed by atoms with Gasteiger partial charge in [-0.15, -0.1) is 5.10 Å². The third kappa shape index (κ3) is 1.93. The molecule has 74 valence electrons. The summed E-state index contributed by atoms with van der Waals surface area (Å²) in [5, 5.41) is 15.4. The first-order valence-corrected chi connectivity index (χ1v) is 5.35. The molecule has 0 fully saturated rings. The highest BCUT2D eigenvalue weighted by Crippen LogP contribution is 2.18. The van der Waals surface area contributed by atoms with Crippen LogP contribution in [0.15, 0.2) is 23.0 Å². The van der Waals surface area contributed by atoms with Crippen LogP contribution < -0.4 is 5.32 Å². The summed E-state index contributed by atoms with van der Waals surface area (Å²) >= 11 is 1.68. The third-order valence-electron chi connectivity index (χ3n) is 1.97. The highest BCUT2D eigenvalue weighted by molar-refractivity contribution is 7.08. The van der Waals surface area contributed by atoms with Crippen molar-refractivity contribution in [2.24, 2.45) is 7.05 Å². The second-order valence-electron chi connectivity index (χ2n) is 3.20. The van der Waals surface area contributed by atoms with Crippen molar-refractivity contribution in [2.45, 2.75) is 13.0 Å². The van der Waals surface area contributed by atoms with E-state index in [-0.39, 0.29) is 6.04 Å². The van der Waals surface area contributed by atoms with Crippen LogP contribution >= 0.6 is 11.3 Å². The number of aryl methyl sites for hydroxylation is 1. The Morgan fingerprint density at radius 1 is 1.57 bits per heavy atom. The van der Waals surface area contributed by atoms with Crippen LogP contribution in [0.1, 0.15) is 18.7 Å².